The molecular formula is C5H13N2O2P. The Morgan fingerprint density at radius 1 is 1.80 bits per heavy atom. The van der Waals surface area contributed by atoms with Gasteiger partial charge in [-0.05, 0) is 6.42 Å². The lowest BCUT2D eigenvalue weighted by Gasteiger charge is -2.08. The Morgan fingerprint density at radius 2 is 2.40 bits per heavy atom. The molecule has 0 heterocycles. The van der Waals surface area contributed by atoms with Crippen molar-refractivity contribution in [2.45, 2.75) is 25.5 Å². The van der Waals surface area contributed by atoms with E-state index < -0.39 is 14.5 Å². The number of hydrogen-bond acceptors (Lipinski definition) is 2. The quantitative estimate of drug-likeness (QED) is 0.595. The van der Waals surface area contributed by atoms with E-state index in [-0.39, 0.29) is 5.78 Å². The zero-order chi connectivity index (χ0) is 7.98. The van der Waals surface area contributed by atoms with Gasteiger partial charge < -0.3 is 15.6 Å². The van der Waals surface area contributed by atoms with Crippen LogP contribution in [0.25, 0.3) is 0 Å². The summed E-state index contributed by atoms with van der Waals surface area (Å²) in [5, 5.41) is 2.39. The molecule has 0 aliphatic rings. The van der Waals surface area contributed by atoms with Gasteiger partial charge in [0.15, 0.2) is 0 Å². The molecule has 60 valence electrons. The Morgan fingerprint density at radius 3 is 2.70 bits per heavy atom. The molecule has 0 saturated heterocycles. The number of carbonyl (C=O) groups is 1. The van der Waals surface area contributed by atoms with Crippen molar-refractivity contribution < 1.29 is 9.36 Å². The molecule has 0 aliphatic carbocycles. The van der Waals surface area contributed by atoms with Gasteiger partial charge in [-0.1, -0.05) is 13.3 Å². The summed E-state index contributed by atoms with van der Waals surface area (Å²) in [6, 6.07) is -0.596. The first-order chi connectivity index (χ1) is 4.70. The molecule has 0 aromatic heterocycles. The second-order valence-electron chi connectivity index (χ2n) is 2.04. The molecule has 10 heavy (non-hydrogen) atoms. The zero-order valence-corrected chi connectivity index (χ0v) is 7.12. The second kappa shape index (κ2) is 5.30. The van der Waals surface area contributed by atoms with Crippen molar-refractivity contribution in [3.05, 3.63) is 0 Å². The van der Waals surface area contributed by atoms with Crippen LogP contribution < -0.4 is 11.1 Å². The van der Waals surface area contributed by atoms with Gasteiger partial charge in [-0.3, -0.25) is 0 Å². The molecule has 3 N–H and O–H groups in total. The van der Waals surface area contributed by atoms with Crippen molar-refractivity contribution in [1.29, 1.82) is 0 Å². The SMILES string of the molecule is CCCC(NC(N)=O)[PH2]=O. The molecule has 0 spiro atoms. The average molecular weight is 164 g/mol. The van der Waals surface area contributed by atoms with Crippen LogP contribution in [0.1, 0.15) is 19.8 Å². The van der Waals surface area contributed by atoms with E-state index in [1.807, 2.05) is 6.92 Å². The lowest BCUT2D eigenvalue weighted by molar-refractivity contribution is 0.247. The molecule has 2 atom stereocenters. The number of nitrogens with one attached hydrogen (secondary N) is 1. The van der Waals surface area contributed by atoms with Crippen LogP contribution in [0.15, 0.2) is 0 Å². The van der Waals surface area contributed by atoms with Crippen LogP contribution in [0.3, 0.4) is 0 Å². The van der Waals surface area contributed by atoms with E-state index >= 15 is 0 Å². The van der Waals surface area contributed by atoms with Gasteiger partial charge in [0.1, 0.15) is 0 Å². The number of urea groups is 1. The fraction of sp³-hybridized carbons (Fsp3) is 0.800. The van der Waals surface area contributed by atoms with Crippen LogP contribution in [0.4, 0.5) is 4.79 Å². The highest BCUT2D eigenvalue weighted by Crippen LogP contribution is 2.08. The van der Waals surface area contributed by atoms with E-state index in [4.69, 9.17) is 5.73 Å². The molecular weight excluding hydrogens is 151 g/mol. The topological polar surface area (TPSA) is 72.2 Å². The molecule has 2 unspecified atom stereocenters. The summed E-state index contributed by atoms with van der Waals surface area (Å²) in [5.74, 6) is -0.206. The lowest BCUT2D eigenvalue weighted by Crippen LogP contribution is -2.35. The minimum Gasteiger partial charge on any atom is -0.352 e. The fourth-order valence-corrected chi connectivity index (χ4v) is 1.37. The molecule has 0 bridgehead atoms. The predicted octanol–water partition coefficient (Wildman–Crippen LogP) is 0.537. The van der Waals surface area contributed by atoms with Crippen LogP contribution in [-0.4, -0.2) is 11.8 Å². The maximum atomic E-state index is 10.4. The van der Waals surface area contributed by atoms with Crippen molar-refractivity contribution in [2.24, 2.45) is 5.73 Å². The van der Waals surface area contributed by atoms with Crippen LogP contribution in [0.5, 0.6) is 0 Å². The van der Waals surface area contributed by atoms with Crippen LogP contribution in [0.2, 0.25) is 0 Å². The van der Waals surface area contributed by atoms with Gasteiger partial charge in [0.05, 0.1) is 14.2 Å². The van der Waals surface area contributed by atoms with Crippen LogP contribution >= 0.6 is 8.46 Å². The number of amides is 2. The van der Waals surface area contributed by atoms with E-state index in [0.717, 1.165) is 12.8 Å². The van der Waals surface area contributed by atoms with Gasteiger partial charge >= 0.3 is 6.03 Å². The zero-order valence-electron chi connectivity index (χ0n) is 5.96. The summed E-state index contributed by atoms with van der Waals surface area (Å²) in [7, 11) is -0.951. The van der Waals surface area contributed by atoms with Crippen molar-refractivity contribution in [3.63, 3.8) is 0 Å². The van der Waals surface area contributed by atoms with Crippen LogP contribution in [0, 0.1) is 0 Å². The largest absolute Gasteiger partial charge is 0.352 e. The lowest BCUT2D eigenvalue weighted by atomic mass is 10.3. The predicted molar refractivity (Wildman–Crippen MR) is 41.8 cm³/mol. The first-order valence-corrected chi connectivity index (χ1v) is 4.35. The molecule has 0 aromatic carbocycles. The first kappa shape index (κ1) is 9.50. The summed E-state index contributed by atoms with van der Waals surface area (Å²) in [5.41, 5.74) is 4.82. The number of rotatable bonds is 4. The van der Waals surface area contributed by atoms with Gasteiger partial charge in [-0.25, -0.2) is 4.79 Å². The van der Waals surface area contributed by atoms with Crippen molar-refractivity contribution >= 4 is 14.5 Å². The third-order valence-electron chi connectivity index (χ3n) is 1.09. The number of hydrogen-bond donors (Lipinski definition) is 2. The number of nitrogens with two attached hydrogens (primary N) is 1. The molecule has 2 amide bonds. The molecule has 0 aromatic rings. The van der Waals surface area contributed by atoms with Gasteiger partial charge in [0, 0.05) is 0 Å². The Kier molecular flexibility index (Phi) is 5.03. The summed E-state index contributed by atoms with van der Waals surface area (Å²) < 4.78 is 10.4. The highest BCUT2D eigenvalue weighted by atomic mass is 31.1. The minimum atomic E-state index is -0.951. The molecule has 0 rings (SSSR count). The summed E-state index contributed by atoms with van der Waals surface area (Å²) in [6.07, 6.45) is 1.64. The average Bonchev–Trinajstić information content (AvgIpc) is 1.86. The Hall–Kier alpha value is -0.500. The van der Waals surface area contributed by atoms with Crippen molar-refractivity contribution in [3.8, 4) is 0 Å². The summed E-state index contributed by atoms with van der Waals surface area (Å²) in [4.78, 5) is 10.2. The molecule has 0 saturated carbocycles. The third kappa shape index (κ3) is 4.39. The van der Waals surface area contributed by atoms with Gasteiger partial charge in [0.25, 0.3) is 0 Å². The molecule has 0 aliphatic heterocycles. The van der Waals surface area contributed by atoms with E-state index in [0.29, 0.717) is 0 Å². The smallest absolute Gasteiger partial charge is 0.312 e. The van der Waals surface area contributed by atoms with Crippen LogP contribution in [-0.2, 0) is 4.57 Å². The van der Waals surface area contributed by atoms with Gasteiger partial charge in [0.2, 0.25) is 0 Å². The highest BCUT2D eigenvalue weighted by molar-refractivity contribution is 7.24. The number of primary amides is 1. The third-order valence-corrected chi connectivity index (χ3v) is 1.92. The van der Waals surface area contributed by atoms with Crippen molar-refractivity contribution in [2.75, 3.05) is 0 Å². The molecule has 5 heteroatoms. The van der Waals surface area contributed by atoms with E-state index in [1.165, 1.54) is 0 Å². The standard InChI is InChI=1S/C5H13N2O2P/c1-2-3-4(10-9)7-5(6)8/h4H,2-3,10H2,1H3,(H3,6,7,8). The molecule has 0 fully saturated rings. The fourth-order valence-electron chi connectivity index (χ4n) is 0.668. The molecule has 0 radical (unpaired) electrons. The van der Waals surface area contributed by atoms with Gasteiger partial charge in [-0.15, -0.1) is 0 Å². The van der Waals surface area contributed by atoms with Crippen molar-refractivity contribution in [1.82, 2.24) is 5.32 Å². The molecule has 4 nitrogen and oxygen atoms in total. The summed E-state index contributed by atoms with van der Waals surface area (Å²) in [6.45, 7) is 1.96. The normalized spacial score (nSPS) is 13.7. The Balaban J connectivity index is 3.59. The second-order valence-corrected chi connectivity index (χ2v) is 3.12. The van der Waals surface area contributed by atoms with E-state index in [1.54, 1.807) is 0 Å². The highest BCUT2D eigenvalue weighted by Gasteiger charge is 2.04. The van der Waals surface area contributed by atoms with E-state index in [2.05, 4.69) is 5.32 Å². The maximum absolute atomic E-state index is 10.4. The Bertz CT molecular complexity index is 129. The Labute approximate surface area is 61.4 Å². The maximum Gasteiger partial charge on any atom is 0.312 e. The summed E-state index contributed by atoms with van der Waals surface area (Å²) >= 11 is 0. The minimum absolute atomic E-state index is 0.206. The van der Waals surface area contributed by atoms with Gasteiger partial charge in [-0.2, -0.15) is 0 Å². The first-order valence-electron chi connectivity index (χ1n) is 3.22. The number of carbonyl (C=O) groups excluding carboxylic acids is 1. The monoisotopic (exact) mass is 164 g/mol. The van der Waals surface area contributed by atoms with E-state index in [9.17, 15) is 9.36 Å².